The van der Waals surface area contributed by atoms with Gasteiger partial charge in [-0.05, 0) is 0 Å². The molecule has 33 heteroatoms. The molecule has 0 fully saturated rings. The van der Waals surface area contributed by atoms with Crippen LogP contribution in [0.25, 0.3) is 0 Å². The molecule has 0 rings (SSSR count). The number of hydrogen-bond donors (Lipinski definition) is 14. The Balaban J connectivity index is -0.0000205. The van der Waals surface area contributed by atoms with Gasteiger partial charge in [0.1, 0.15) is 48.8 Å². The van der Waals surface area contributed by atoms with Crippen molar-refractivity contribution in [3.63, 3.8) is 0 Å². The number of amides is 4. The van der Waals surface area contributed by atoms with E-state index in [-0.39, 0.29) is 97.8 Å². The van der Waals surface area contributed by atoms with Gasteiger partial charge in [-0.2, -0.15) is 0 Å². The van der Waals surface area contributed by atoms with Gasteiger partial charge in [0.15, 0.2) is 13.2 Å². The van der Waals surface area contributed by atoms with Gasteiger partial charge in [-0.1, -0.05) is 10.3 Å². The third-order valence-corrected chi connectivity index (χ3v) is 8.33. The van der Waals surface area contributed by atoms with Crippen molar-refractivity contribution >= 4 is 54.0 Å². The molecule has 4 unspecified atom stereocenters. The Morgan fingerprint density at radius 1 is 0.478 bits per heavy atom. The SMILES string of the molecule is O.O=C([O-])CN(CCN(CC(=O)[O-])CC(=O)NCCNC(=O)CO/N=C/[C@H](O)[C@H](O)C(O)C(O)CO)CCN(CC(=O)[O-])CC(=O)NCCNC(=O)CO/N=C/[C@H](O)[C@H](O)C(O)C(O)CO.[Gd+3]. The monoisotopic (exact) mass is 1120 g/mol. The fourth-order valence-corrected chi connectivity index (χ4v) is 4.89. The first-order valence-corrected chi connectivity index (χ1v) is 19.4. The molecule has 0 bridgehead atoms. The third-order valence-electron chi connectivity index (χ3n) is 8.33. The summed E-state index contributed by atoms with van der Waals surface area (Å²) in [6, 6.07) is 0. The van der Waals surface area contributed by atoms with Crippen molar-refractivity contribution < 1.29 is 155 Å². The van der Waals surface area contributed by atoms with E-state index in [2.05, 4.69) is 41.3 Å². The number of rotatable bonds is 38. The van der Waals surface area contributed by atoms with Gasteiger partial charge in [0.25, 0.3) is 11.8 Å². The molecule has 0 aromatic heterocycles. The van der Waals surface area contributed by atoms with Crippen LogP contribution in [0.5, 0.6) is 0 Å². The van der Waals surface area contributed by atoms with E-state index in [1.54, 1.807) is 0 Å². The molecule has 0 aliphatic rings. The van der Waals surface area contributed by atoms with Crippen LogP contribution in [0.15, 0.2) is 10.3 Å². The van der Waals surface area contributed by atoms with Crippen LogP contribution in [0.4, 0.5) is 0 Å². The van der Waals surface area contributed by atoms with Crippen molar-refractivity contribution in [3.05, 3.63) is 0 Å². The summed E-state index contributed by atoms with van der Waals surface area (Å²) in [4.78, 5) is 95.8. The Morgan fingerprint density at radius 2 is 0.761 bits per heavy atom. The Hall–Kier alpha value is -4.01. The molecule has 0 spiro atoms. The number of carboxylic acid groups (broad SMARTS) is 3. The largest absolute Gasteiger partial charge is 3.00 e. The van der Waals surface area contributed by atoms with E-state index in [1.165, 1.54) is 4.90 Å². The average Bonchev–Trinajstić information content (AvgIpc) is 3.25. The Labute approximate surface area is 413 Å². The molecule has 8 atom stereocenters. The van der Waals surface area contributed by atoms with Crippen molar-refractivity contribution in [2.24, 2.45) is 10.3 Å². The van der Waals surface area contributed by atoms with Crippen LogP contribution in [0, 0.1) is 39.9 Å². The van der Waals surface area contributed by atoms with E-state index in [4.69, 9.17) is 10.2 Å². The summed E-state index contributed by atoms with van der Waals surface area (Å²) in [5, 5.41) is 144. The molecule has 387 valence electrons. The number of nitrogens with one attached hydrogen (secondary N) is 4. The second kappa shape index (κ2) is 38.9. The standard InChI is InChI=1S/C34H61N9O22.Gd.H2O/c44-16-22(48)33(62)31(60)20(46)9-39-64-18-26(52)37-3-1-35-24(50)11-42(14-29(56)57)7-5-41(13-28(54)55)6-8-43(15-30(58)59)12-25(51)36-2-4-38-27(53)19-65-40-10-21(47)32(61)34(63)23(49)17-45;;/h9-10,20-23,31-34,44-49,60-63H,1-8,11-19H2,(H,35,50)(H,36,51)(H,37,52)(H,38,53)(H,54,55)(H,56,57)(H,58,59);;1H2/q;+3;/p-3/b39-9+,40-10+;;/t20-,21-,22?,23?,31-,32-,33?,34?;;/m0../s1. The average molecular weight is 1120 g/mol. The Morgan fingerprint density at radius 3 is 1.06 bits per heavy atom. The molecule has 0 aliphatic heterocycles. The summed E-state index contributed by atoms with van der Waals surface area (Å²) in [5.41, 5.74) is 0. The maximum Gasteiger partial charge on any atom is 3.00 e. The van der Waals surface area contributed by atoms with Gasteiger partial charge >= 0.3 is 39.9 Å². The van der Waals surface area contributed by atoms with E-state index in [1.807, 2.05) is 0 Å². The summed E-state index contributed by atoms with van der Waals surface area (Å²) in [5.74, 6) is -7.66. The maximum absolute atomic E-state index is 12.5. The second-order valence-electron chi connectivity index (χ2n) is 13.7. The van der Waals surface area contributed by atoms with E-state index >= 15 is 0 Å². The number of hydrogen-bond acceptors (Lipinski definition) is 27. The van der Waals surface area contributed by atoms with Crippen LogP contribution in [0.2, 0.25) is 0 Å². The van der Waals surface area contributed by atoms with Crippen LogP contribution in [-0.4, -0.2) is 286 Å². The molecular formula is C34H60GdN9O23. The number of carboxylic acids is 3. The van der Waals surface area contributed by atoms with Crippen molar-refractivity contribution in [2.45, 2.75) is 48.8 Å². The molecule has 4 amide bonds. The minimum atomic E-state index is -1.94. The van der Waals surface area contributed by atoms with Crippen LogP contribution >= 0.6 is 0 Å². The third kappa shape index (κ3) is 33.2. The van der Waals surface area contributed by atoms with E-state index in [0.29, 0.717) is 12.4 Å². The minimum absolute atomic E-state index is 0. The number of oxime groups is 2. The first-order chi connectivity index (χ1) is 30.6. The van der Waals surface area contributed by atoms with Gasteiger partial charge in [0, 0.05) is 72.0 Å². The van der Waals surface area contributed by atoms with Crippen molar-refractivity contribution in [3.8, 4) is 0 Å². The summed E-state index contributed by atoms with van der Waals surface area (Å²) in [7, 11) is 0. The van der Waals surface area contributed by atoms with Gasteiger partial charge in [0.05, 0.1) is 56.6 Å². The van der Waals surface area contributed by atoms with Crippen molar-refractivity contribution in [2.75, 3.05) is 112 Å². The number of aliphatic carboxylic acids is 3. The molecule has 67 heavy (non-hydrogen) atoms. The Bertz CT molecular complexity index is 1420. The molecule has 32 nitrogen and oxygen atoms in total. The molecule has 0 aromatic rings. The smallest absolute Gasteiger partial charge is 0.549 e. The quantitative estimate of drug-likeness (QED) is 0.0155. The number of carbonyl (C=O) groups is 7. The van der Waals surface area contributed by atoms with Crippen molar-refractivity contribution in [1.29, 1.82) is 0 Å². The molecule has 0 saturated heterocycles. The van der Waals surface area contributed by atoms with Crippen molar-refractivity contribution in [1.82, 2.24) is 36.0 Å². The Kier molecular flexibility index (Phi) is 39.1. The molecule has 0 aromatic carbocycles. The van der Waals surface area contributed by atoms with E-state index in [9.17, 15) is 89.7 Å². The van der Waals surface area contributed by atoms with Crippen LogP contribution in [0.3, 0.4) is 0 Å². The van der Waals surface area contributed by atoms with Crippen LogP contribution < -0.4 is 36.6 Å². The summed E-state index contributed by atoms with van der Waals surface area (Å²) >= 11 is 0. The van der Waals surface area contributed by atoms with E-state index < -0.39 is 150 Å². The van der Waals surface area contributed by atoms with Crippen LogP contribution in [0.1, 0.15) is 0 Å². The summed E-state index contributed by atoms with van der Waals surface area (Å²) in [6.07, 6.45) is -13.7. The zero-order chi connectivity index (χ0) is 49.5. The normalized spacial score (nSPS) is 15.0. The first-order valence-electron chi connectivity index (χ1n) is 19.4. The number of aliphatic hydroxyl groups excluding tert-OH is 10. The summed E-state index contributed by atoms with van der Waals surface area (Å²) in [6.45, 7) is -7.97. The predicted octanol–water partition coefficient (Wildman–Crippen LogP) is -16.3. The van der Waals surface area contributed by atoms with E-state index in [0.717, 1.165) is 9.80 Å². The van der Waals surface area contributed by atoms with Gasteiger partial charge in [-0.3, -0.25) is 33.9 Å². The number of nitrogens with zero attached hydrogens (tertiary/aromatic N) is 5. The second-order valence-corrected chi connectivity index (χ2v) is 13.7. The molecular weight excluding hydrogens is 1060 g/mol. The van der Waals surface area contributed by atoms with Gasteiger partial charge in [-0.25, -0.2) is 0 Å². The molecule has 1 radical (unpaired) electrons. The maximum atomic E-state index is 12.5. The topological polar surface area (TPSA) is 523 Å². The zero-order valence-corrected chi connectivity index (χ0v) is 38.0. The molecule has 0 saturated carbocycles. The fraction of sp³-hybridized carbons (Fsp3) is 0.735. The van der Waals surface area contributed by atoms with Gasteiger partial charge in [-0.15, -0.1) is 0 Å². The first kappa shape index (κ1) is 67.3. The number of aliphatic hydroxyl groups is 10. The molecule has 0 heterocycles. The molecule has 16 N–H and O–H groups in total. The van der Waals surface area contributed by atoms with Crippen LogP contribution in [-0.2, 0) is 43.2 Å². The molecule has 0 aliphatic carbocycles. The zero-order valence-electron chi connectivity index (χ0n) is 35.8. The minimum Gasteiger partial charge on any atom is -0.549 e. The van der Waals surface area contributed by atoms with Gasteiger partial charge in [0.2, 0.25) is 11.8 Å². The van der Waals surface area contributed by atoms with Gasteiger partial charge < -0.3 is 117 Å². The summed E-state index contributed by atoms with van der Waals surface area (Å²) < 4.78 is 0. The fourth-order valence-electron chi connectivity index (χ4n) is 4.89. The number of carbonyl (C=O) groups excluding carboxylic acids is 7. The predicted molar refractivity (Wildman–Crippen MR) is 211 cm³/mol.